The van der Waals surface area contributed by atoms with Gasteiger partial charge in [0.1, 0.15) is 0 Å². The van der Waals surface area contributed by atoms with Gasteiger partial charge in [-0.25, -0.2) is 0 Å². The lowest BCUT2D eigenvalue weighted by Crippen LogP contribution is -2.50. The molecule has 2 nitrogen and oxygen atoms in total. The van der Waals surface area contributed by atoms with Gasteiger partial charge in [0.15, 0.2) is 0 Å². The van der Waals surface area contributed by atoms with Crippen LogP contribution in [0.2, 0.25) is 0 Å². The minimum absolute atomic E-state index is 0.481. The number of rotatable bonds is 2. The van der Waals surface area contributed by atoms with Gasteiger partial charge in [0.2, 0.25) is 0 Å². The first-order chi connectivity index (χ1) is 7.80. The molecule has 0 amide bonds. The zero-order valence-electron chi connectivity index (χ0n) is 9.86. The summed E-state index contributed by atoms with van der Waals surface area (Å²) in [5, 5.41) is 0. The highest BCUT2D eigenvalue weighted by Gasteiger charge is 2.49. The Kier molecular flexibility index (Phi) is 2.49. The van der Waals surface area contributed by atoms with Crippen molar-refractivity contribution >= 4 is 0 Å². The molecule has 2 aliphatic heterocycles. The number of hydrogen-bond donors (Lipinski definition) is 0. The first-order valence-electron chi connectivity index (χ1n) is 6.16. The molecule has 1 aromatic rings. The Bertz CT molecular complexity index is 358. The fraction of sp³-hybridized carbons (Fsp3) is 0.571. The largest absolute Gasteiger partial charge is 0.380 e. The van der Waals surface area contributed by atoms with Crippen LogP contribution in [-0.4, -0.2) is 30.7 Å². The van der Waals surface area contributed by atoms with E-state index < -0.39 is 0 Å². The van der Waals surface area contributed by atoms with Gasteiger partial charge < -0.3 is 4.74 Å². The van der Waals surface area contributed by atoms with Gasteiger partial charge in [-0.15, -0.1) is 0 Å². The normalized spacial score (nSPS) is 28.2. The van der Waals surface area contributed by atoms with Crippen LogP contribution in [0.25, 0.3) is 0 Å². The first kappa shape index (κ1) is 10.3. The van der Waals surface area contributed by atoms with E-state index in [1.54, 1.807) is 0 Å². The second-order valence-electron chi connectivity index (χ2n) is 5.24. The van der Waals surface area contributed by atoms with Gasteiger partial charge in [0.05, 0.1) is 13.2 Å². The summed E-state index contributed by atoms with van der Waals surface area (Å²) >= 11 is 0. The predicted molar refractivity (Wildman–Crippen MR) is 64.2 cm³/mol. The maximum absolute atomic E-state index is 5.40. The third-order valence-corrected chi connectivity index (χ3v) is 4.34. The van der Waals surface area contributed by atoms with Crippen LogP contribution in [0.1, 0.15) is 18.9 Å². The van der Waals surface area contributed by atoms with Crippen molar-refractivity contribution in [3.8, 4) is 0 Å². The van der Waals surface area contributed by atoms with Gasteiger partial charge in [0, 0.05) is 18.0 Å². The molecule has 1 atom stereocenters. The molecular weight excluding hydrogens is 198 g/mol. The highest BCUT2D eigenvalue weighted by Crippen LogP contribution is 2.43. The first-order valence-corrected chi connectivity index (χ1v) is 6.16. The molecule has 0 saturated carbocycles. The molecule has 2 fully saturated rings. The van der Waals surface area contributed by atoms with Crippen LogP contribution < -0.4 is 0 Å². The fourth-order valence-electron chi connectivity index (χ4n) is 2.94. The van der Waals surface area contributed by atoms with Gasteiger partial charge in [-0.2, -0.15) is 0 Å². The molecule has 2 heterocycles. The minimum atomic E-state index is 0.481. The van der Waals surface area contributed by atoms with Crippen LogP contribution in [0.5, 0.6) is 0 Å². The SMILES string of the molecule is CC1N(Cc2ccccc2)CCC12COC2. The second-order valence-corrected chi connectivity index (χ2v) is 5.24. The second kappa shape index (κ2) is 3.86. The van der Waals surface area contributed by atoms with Crippen LogP contribution in [0.15, 0.2) is 30.3 Å². The van der Waals surface area contributed by atoms with Crippen molar-refractivity contribution in [3.63, 3.8) is 0 Å². The average molecular weight is 217 g/mol. The van der Waals surface area contributed by atoms with Crippen LogP contribution in [0, 0.1) is 5.41 Å². The summed E-state index contributed by atoms with van der Waals surface area (Å²) in [5.74, 6) is 0. The van der Waals surface area contributed by atoms with E-state index in [0.29, 0.717) is 11.5 Å². The zero-order valence-corrected chi connectivity index (χ0v) is 9.86. The number of ether oxygens (including phenoxy) is 1. The molecule has 1 aromatic carbocycles. The topological polar surface area (TPSA) is 12.5 Å². The number of benzene rings is 1. The predicted octanol–water partition coefficient (Wildman–Crippen LogP) is 2.30. The van der Waals surface area contributed by atoms with Gasteiger partial charge in [0.25, 0.3) is 0 Å². The maximum atomic E-state index is 5.40. The molecule has 0 aromatic heterocycles. The van der Waals surface area contributed by atoms with E-state index in [4.69, 9.17) is 4.74 Å². The Hall–Kier alpha value is -0.860. The van der Waals surface area contributed by atoms with Crippen LogP contribution in [0.3, 0.4) is 0 Å². The van der Waals surface area contributed by atoms with Crippen molar-refractivity contribution in [2.75, 3.05) is 19.8 Å². The Morgan fingerprint density at radius 2 is 2.06 bits per heavy atom. The summed E-state index contributed by atoms with van der Waals surface area (Å²) < 4.78 is 5.40. The summed E-state index contributed by atoms with van der Waals surface area (Å²) in [6, 6.07) is 11.4. The van der Waals surface area contributed by atoms with Crippen molar-refractivity contribution in [2.24, 2.45) is 5.41 Å². The van der Waals surface area contributed by atoms with Crippen LogP contribution in [0.4, 0.5) is 0 Å². The van der Waals surface area contributed by atoms with E-state index in [-0.39, 0.29) is 0 Å². The lowest BCUT2D eigenvalue weighted by atomic mass is 9.79. The Balaban J connectivity index is 1.69. The van der Waals surface area contributed by atoms with Crippen molar-refractivity contribution in [2.45, 2.75) is 25.9 Å². The summed E-state index contributed by atoms with van der Waals surface area (Å²) in [6.45, 7) is 6.61. The van der Waals surface area contributed by atoms with E-state index in [1.807, 2.05) is 0 Å². The van der Waals surface area contributed by atoms with Crippen molar-refractivity contribution in [1.82, 2.24) is 4.90 Å². The molecule has 16 heavy (non-hydrogen) atoms. The molecule has 86 valence electrons. The van der Waals surface area contributed by atoms with Crippen LogP contribution >= 0.6 is 0 Å². The third kappa shape index (κ3) is 1.57. The van der Waals surface area contributed by atoms with Gasteiger partial charge in [-0.05, 0) is 25.5 Å². The van der Waals surface area contributed by atoms with E-state index in [1.165, 1.54) is 18.5 Å². The van der Waals surface area contributed by atoms with Gasteiger partial charge >= 0.3 is 0 Å². The van der Waals surface area contributed by atoms with Crippen molar-refractivity contribution < 1.29 is 4.74 Å². The molecule has 0 bridgehead atoms. The van der Waals surface area contributed by atoms with E-state index in [0.717, 1.165) is 19.8 Å². The summed E-state index contributed by atoms with van der Waals surface area (Å²) in [6.07, 6.45) is 1.31. The number of hydrogen-bond acceptors (Lipinski definition) is 2. The molecule has 1 spiro atoms. The lowest BCUT2D eigenvalue weighted by Gasteiger charge is -2.43. The number of nitrogens with zero attached hydrogens (tertiary/aromatic N) is 1. The summed E-state index contributed by atoms with van der Waals surface area (Å²) in [5.41, 5.74) is 1.90. The third-order valence-electron chi connectivity index (χ3n) is 4.34. The minimum Gasteiger partial charge on any atom is -0.380 e. The summed E-state index contributed by atoms with van der Waals surface area (Å²) in [4.78, 5) is 2.60. The van der Waals surface area contributed by atoms with Gasteiger partial charge in [-0.1, -0.05) is 30.3 Å². The average Bonchev–Trinajstić information content (AvgIpc) is 2.58. The Morgan fingerprint density at radius 1 is 1.31 bits per heavy atom. The van der Waals surface area contributed by atoms with Crippen LogP contribution in [-0.2, 0) is 11.3 Å². The molecule has 3 rings (SSSR count). The van der Waals surface area contributed by atoms with Crippen molar-refractivity contribution in [3.05, 3.63) is 35.9 Å². The summed E-state index contributed by atoms with van der Waals surface area (Å²) in [7, 11) is 0. The number of likely N-dealkylation sites (tertiary alicyclic amines) is 1. The molecular formula is C14H19NO. The zero-order chi connectivity index (χ0) is 11.0. The molecule has 0 radical (unpaired) electrons. The molecule has 0 N–H and O–H groups in total. The molecule has 2 aliphatic rings. The quantitative estimate of drug-likeness (QED) is 0.753. The Morgan fingerprint density at radius 3 is 2.62 bits per heavy atom. The highest BCUT2D eigenvalue weighted by molar-refractivity contribution is 5.15. The molecule has 2 saturated heterocycles. The lowest BCUT2D eigenvalue weighted by molar-refractivity contribution is -0.125. The highest BCUT2D eigenvalue weighted by atomic mass is 16.5. The van der Waals surface area contributed by atoms with E-state index in [9.17, 15) is 0 Å². The molecule has 0 aliphatic carbocycles. The monoisotopic (exact) mass is 217 g/mol. The Labute approximate surface area is 97.2 Å². The van der Waals surface area contributed by atoms with E-state index in [2.05, 4.69) is 42.2 Å². The van der Waals surface area contributed by atoms with Gasteiger partial charge in [-0.3, -0.25) is 4.90 Å². The molecule has 1 unspecified atom stereocenters. The maximum Gasteiger partial charge on any atom is 0.0560 e. The fourth-order valence-corrected chi connectivity index (χ4v) is 2.94. The van der Waals surface area contributed by atoms with E-state index >= 15 is 0 Å². The molecule has 2 heteroatoms. The van der Waals surface area contributed by atoms with Crippen molar-refractivity contribution in [1.29, 1.82) is 0 Å². The smallest absolute Gasteiger partial charge is 0.0560 e. The standard InChI is InChI=1S/C14H19NO/c1-12-14(10-16-11-14)7-8-15(12)9-13-5-3-2-4-6-13/h2-6,12H,7-11H2,1H3.